The first-order valence-electron chi connectivity index (χ1n) is 5.59. The number of rotatable bonds is 6. The van der Waals surface area contributed by atoms with Crippen molar-refractivity contribution in [1.82, 2.24) is 4.72 Å². The minimum Gasteiger partial charge on any atom is -0.380 e. The van der Waals surface area contributed by atoms with Gasteiger partial charge in [0.15, 0.2) is 0 Å². The lowest BCUT2D eigenvalue weighted by atomic mass is 10.2. The van der Waals surface area contributed by atoms with E-state index in [4.69, 9.17) is 10.00 Å². The lowest BCUT2D eigenvalue weighted by Gasteiger charge is -2.09. The van der Waals surface area contributed by atoms with E-state index in [2.05, 4.69) is 4.72 Å². The fraction of sp³-hybridized carbons (Fsp3) is 0.417. The van der Waals surface area contributed by atoms with Gasteiger partial charge in [-0.1, -0.05) is 0 Å². The molecule has 1 N–H and O–H groups in total. The number of ether oxygens (including phenoxy) is 1. The molecule has 1 aromatic rings. The topological polar surface area (TPSA) is 79.2 Å². The van der Waals surface area contributed by atoms with Gasteiger partial charge in [-0.05, 0) is 37.6 Å². The summed E-state index contributed by atoms with van der Waals surface area (Å²) in [6.45, 7) is 4.63. The minimum absolute atomic E-state index is 0.193. The Kier molecular flexibility index (Phi) is 5.28. The highest BCUT2D eigenvalue weighted by Gasteiger charge is 2.16. The maximum absolute atomic E-state index is 12.0. The van der Waals surface area contributed by atoms with Gasteiger partial charge in [0.05, 0.1) is 23.1 Å². The van der Waals surface area contributed by atoms with E-state index in [-0.39, 0.29) is 11.4 Å². The maximum Gasteiger partial charge on any atom is 0.240 e. The van der Waals surface area contributed by atoms with Crippen LogP contribution in [0.4, 0.5) is 0 Å². The number of nitriles is 1. The first-order valence-corrected chi connectivity index (χ1v) is 7.07. The van der Waals surface area contributed by atoms with Crippen molar-refractivity contribution in [3.63, 3.8) is 0 Å². The van der Waals surface area contributed by atoms with Crippen LogP contribution in [0.25, 0.3) is 0 Å². The predicted molar refractivity (Wildman–Crippen MR) is 67.6 cm³/mol. The van der Waals surface area contributed by atoms with Crippen LogP contribution in [0.15, 0.2) is 23.1 Å². The van der Waals surface area contributed by atoms with E-state index in [1.165, 1.54) is 12.1 Å². The van der Waals surface area contributed by atoms with Crippen molar-refractivity contribution in [2.75, 3.05) is 19.8 Å². The van der Waals surface area contributed by atoms with Crippen molar-refractivity contribution >= 4 is 10.0 Å². The van der Waals surface area contributed by atoms with Gasteiger partial charge in [-0.15, -0.1) is 0 Å². The number of hydrogen-bond acceptors (Lipinski definition) is 4. The summed E-state index contributed by atoms with van der Waals surface area (Å²) in [5, 5.41) is 8.72. The van der Waals surface area contributed by atoms with Crippen LogP contribution in [-0.4, -0.2) is 28.2 Å². The normalized spacial score (nSPS) is 11.2. The summed E-state index contributed by atoms with van der Waals surface area (Å²) in [5.41, 5.74) is 0.999. The molecule has 5 nitrogen and oxygen atoms in total. The van der Waals surface area contributed by atoms with E-state index in [0.29, 0.717) is 24.3 Å². The van der Waals surface area contributed by atoms with Gasteiger partial charge in [0.2, 0.25) is 10.0 Å². The Hall–Kier alpha value is -1.42. The number of aryl methyl sites for hydroxylation is 1. The summed E-state index contributed by atoms with van der Waals surface area (Å²) < 4.78 is 31.4. The molecule has 0 radical (unpaired) electrons. The van der Waals surface area contributed by atoms with Crippen LogP contribution in [0.1, 0.15) is 18.1 Å². The van der Waals surface area contributed by atoms with Gasteiger partial charge < -0.3 is 4.74 Å². The zero-order valence-electron chi connectivity index (χ0n) is 10.4. The molecule has 0 aliphatic rings. The monoisotopic (exact) mass is 268 g/mol. The summed E-state index contributed by atoms with van der Waals surface area (Å²) in [4.78, 5) is 0.193. The van der Waals surface area contributed by atoms with Crippen LogP contribution in [-0.2, 0) is 14.8 Å². The number of benzene rings is 1. The lowest BCUT2D eigenvalue weighted by molar-refractivity contribution is 0.153. The van der Waals surface area contributed by atoms with Gasteiger partial charge in [0.25, 0.3) is 0 Å². The molecule has 0 heterocycles. The molecule has 0 atom stereocenters. The second-order valence-corrected chi connectivity index (χ2v) is 5.42. The number of hydrogen-bond donors (Lipinski definition) is 1. The molecule has 6 heteroatoms. The van der Waals surface area contributed by atoms with Crippen LogP contribution in [0.3, 0.4) is 0 Å². The molecular formula is C12H16N2O3S. The third-order valence-corrected chi connectivity index (χ3v) is 3.96. The highest BCUT2D eigenvalue weighted by Crippen LogP contribution is 2.16. The Morgan fingerprint density at radius 2 is 2.17 bits per heavy atom. The van der Waals surface area contributed by atoms with Crippen LogP contribution in [0.2, 0.25) is 0 Å². The summed E-state index contributed by atoms with van der Waals surface area (Å²) >= 11 is 0. The Morgan fingerprint density at radius 1 is 1.44 bits per heavy atom. The third-order valence-electron chi connectivity index (χ3n) is 2.34. The molecule has 0 bridgehead atoms. The molecule has 0 fully saturated rings. The van der Waals surface area contributed by atoms with E-state index in [1.807, 2.05) is 13.0 Å². The third kappa shape index (κ3) is 3.81. The highest BCUT2D eigenvalue weighted by atomic mass is 32.2. The average molecular weight is 268 g/mol. The predicted octanol–water partition coefficient (Wildman–Crippen LogP) is 1.18. The number of nitrogens with one attached hydrogen (secondary N) is 1. The molecule has 0 amide bonds. The highest BCUT2D eigenvalue weighted by molar-refractivity contribution is 7.89. The van der Waals surface area contributed by atoms with Crippen LogP contribution >= 0.6 is 0 Å². The standard InChI is InChI=1S/C12H16N2O3S/c1-3-17-7-6-14-18(15,16)12-5-4-11(9-13)8-10(12)2/h4-5,8,14H,3,6-7H2,1-2H3. The van der Waals surface area contributed by atoms with Gasteiger partial charge in [-0.2, -0.15) is 5.26 Å². The molecule has 0 aliphatic heterocycles. The van der Waals surface area contributed by atoms with Crippen molar-refractivity contribution in [3.05, 3.63) is 29.3 Å². The Bertz CT molecular complexity index is 547. The van der Waals surface area contributed by atoms with Crippen molar-refractivity contribution < 1.29 is 13.2 Å². The molecule has 18 heavy (non-hydrogen) atoms. The quantitative estimate of drug-likeness (QED) is 0.786. The van der Waals surface area contributed by atoms with E-state index in [9.17, 15) is 8.42 Å². The summed E-state index contributed by atoms with van der Waals surface area (Å²) in [6, 6.07) is 6.46. The van der Waals surface area contributed by atoms with Gasteiger partial charge >= 0.3 is 0 Å². The van der Waals surface area contributed by atoms with Gasteiger partial charge in [0, 0.05) is 13.2 Å². The first kappa shape index (κ1) is 14.6. The lowest BCUT2D eigenvalue weighted by Crippen LogP contribution is -2.28. The van der Waals surface area contributed by atoms with Crippen molar-refractivity contribution in [3.8, 4) is 6.07 Å². The fourth-order valence-electron chi connectivity index (χ4n) is 1.49. The minimum atomic E-state index is -3.54. The smallest absolute Gasteiger partial charge is 0.240 e. The van der Waals surface area contributed by atoms with E-state index >= 15 is 0 Å². The fourth-order valence-corrected chi connectivity index (χ4v) is 2.73. The molecular weight excluding hydrogens is 252 g/mol. The van der Waals surface area contributed by atoms with E-state index in [0.717, 1.165) is 0 Å². The summed E-state index contributed by atoms with van der Waals surface area (Å²) in [5.74, 6) is 0. The Balaban J connectivity index is 2.82. The average Bonchev–Trinajstić information content (AvgIpc) is 2.34. The zero-order chi connectivity index (χ0) is 13.6. The number of sulfonamides is 1. The molecule has 1 rings (SSSR count). The molecule has 0 saturated heterocycles. The molecule has 0 saturated carbocycles. The van der Waals surface area contributed by atoms with Gasteiger partial charge in [-0.25, -0.2) is 13.1 Å². The molecule has 1 aromatic carbocycles. The second-order valence-electron chi connectivity index (χ2n) is 3.69. The van der Waals surface area contributed by atoms with Crippen molar-refractivity contribution in [2.45, 2.75) is 18.7 Å². The molecule has 0 spiro atoms. The largest absolute Gasteiger partial charge is 0.380 e. The van der Waals surface area contributed by atoms with Crippen LogP contribution in [0, 0.1) is 18.3 Å². The van der Waals surface area contributed by atoms with Gasteiger partial charge in [-0.3, -0.25) is 0 Å². The Morgan fingerprint density at radius 3 is 2.72 bits per heavy atom. The molecule has 0 aromatic heterocycles. The van der Waals surface area contributed by atoms with Crippen molar-refractivity contribution in [1.29, 1.82) is 5.26 Å². The molecule has 98 valence electrons. The SMILES string of the molecule is CCOCCNS(=O)(=O)c1ccc(C#N)cc1C. The second kappa shape index (κ2) is 6.50. The Labute approximate surface area is 107 Å². The molecule has 0 aliphatic carbocycles. The van der Waals surface area contributed by atoms with Crippen molar-refractivity contribution in [2.24, 2.45) is 0 Å². The molecule has 0 unspecified atom stereocenters. The summed E-state index contributed by atoms with van der Waals surface area (Å²) in [7, 11) is -3.54. The summed E-state index contributed by atoms with van der Waals surface area (Å²) in [6.07, 6.45) is 0. The zero-order valence-corrected chi connectivity index (χ0v) is 11.3. The maximum atomic E-state index is 12.0. The first-order chi connectivity index (χ1) is 8.51. The van der Waals surface area contributed by atoms with Crippen LogP contribution < -0.4 is 4.72 Å². The van der Waals surface area contributed by atoms with E-state index in [1.54, 1.807) is 13.0 Å². The van der Waals surface area contributed by atoms with Crippen LogP contribution in [0.5, 0.6) is 0 Å². The van der Waals surface area contributed by atoms with E-state index < -0.39 is 10.0 Å². The van der Waals surface area contributed by atoms with Gasteiger partial charge in [0.1, 0.15) is 0 Å². The number of nitrogens with zero attached hydrogens (tertiary/aromatic N) is 1.